The summed E-state index contributed by atoms with van der Waals surface area (Å²) in [6.07, 6.45) is 17.7. The highest BCUT2D eigenvalue weighted by Crippen LogP contribution is 2.32. The molecule has 4 unspecified atom stereocenters. The summed E-state index contributed by atoms with van der Waals surface area (Å²) in [6.45, 7) is 15.5. The van der Waals surface area contributed by atoms with Crippen molar-refractivity contribution in [1.29, 1.82) is 0 Å². The summed E-state index contributed by atoms with van der Waals surface area (Å²) < 4.78 is 20.6. The smallest absolute Gasteiger partial charge is 0.160 e. The van der Waals surface area contributed by atoms with Gasteiger partial charge in [0.2, 0.25) is 0 Å². The Hall–Kier alpha value is -7.26. The minimum Gasteiger partial charge on any atom is -0.504 e. The lowest BCUT2D eigenvalue weighted by molar-refractivity contribution is 0.372. The zero-order valence-electron chi connectivity index (χ0n) is 54.9. The zero-order chi connectivity index (χ0) is 64.7. The Kier molecular flexibility index (Phi) is 31.8. The summed E-state index contributed by atoms with van der Waals surface area (Å²) in [5.74, 6) is 5.66. The molecular formula is C79H100Cl2O8. The van der Waals surface area contributed by atoms with Crippen LogP contribution < -0.4 is 18.9 Å². The summed E-state index contributed by atoms with van der Waals surface area (Å²) in [7, 11) is 6.33. The van der Waals surface area contributed by atoms with E-state index in [-0.39, 0.29) is 23.0 Å². The monoisotopic (exact) mass is 1250 g/mol. The maximum Gasteiger partial charge on any atom is 0.160 e. The zero-order valence-corrected chi connectivity index (χ0v) is 56.4. The third kappa shape index (κ3) is 27.2. The Labute approximate surface area is 543 Å². The molecule has 0 aliphatic rings. The maximum absolute atomic E-state index is 9.63. The van der Waals surface area contributed by atoms with Crippen LogP contribution >= 0.6 is 23.2 Å². The summed E-state index contributed by atoms with van der Waals surface area (Å²) in [5, 5.41) is 40.1. The van der Waals surface area contributed by atoms with E-state index < -0.39 is 0 Å². The van der Waals surface area contributed by atoms with Crippen molar-refractivity contribution in [2.45, 2.75) is 151 Å². The average molecular weight is 1250 g/mol. The fourth-order valence-electron chi connectivity index (χ4n) is 10.5. The number of halogens is 2. The number of benzene rings is 8. The lowest BCUT2D eigenvalue weighted by Crippen LogP contribution is -2.00. The second-order valence-corrected chi connectivity index (χ2v) is 25.3. The molecule has 4 atom stereocenters. The molecule has 0 fully saturated rings. The molecule has 0 aromatic heterocycles. The van der Waals surface area contributed by atoms with Crippen molar-refractivity contribution in [3.8, 4) is 46.0 Å². The molecule has 0 saturated carbocycles. The number of methoxy groups -OCH3 is 4. The number of hydrogen-bond donors (Lipinski definition) is 4. The Morgan fingerprint density at radius 1 is 0.303 bits per heavy atom. The molecule has 8 rings (SSSR count). The van der Waals surface area contributed by atoms with Crippen LogP contribution in [0, 0.1) is 44.4 Å². The minimum absolute atomic E-state index is 0.195. The highest BCUT2D eigenvalue weighted by molar-refractivity contribution is 6.31. The summed E-state index contributed by atoms with van der Waals surface area (Å²) in [4.78, 5) is 0. The van der Waals surface area contributed by atoms with Crippen LogP contribution in [-0.2, 0) is 51.4 Å². The van der Waals surface area contributed by atoms with Gasteiger partial charge in [-0.1, -0.05) is 159 Å². The second kappa shape index (κ2) is 39.0. The van der Waals surface area contributed by atoms with Gasteiger partial charge in [0.25, 0.3) is 0 Å². The Morgan fingerprint density at radius 3 is 0.820 bits per heavy atom. The van der Waals surface area contributed by atoms with E-state index in [9.17, 15) is 20.4 Å². The first-order valence-electron chi connectivity index (χ1n) is 31.8. The van der Waals surface area contributed by atoms with E-state index in [2.05, 4.69) is 108 Å². The molecule has 0 bridgehead atoms. The highest BCUT2D eigenvalue weighted by atomic mass is 35.5. The first-order valence-corrected chi connectivity index (χ1v) is 32.5. The molecule has 0 heterocycles. The molecule has 8 nitrogen and oxygen atoms in total. The molecule has 0 amide bonds. The van der Waals surface area contributed by atoms with Crippen molar-refractivity contribution in [1.82, 2.24) is 0 Å². The molecule has 8 aromatic rings. The standard InChI is InChI=1S/C20H25ClO2.2C20H26O2.C19H23ClO2/c1-14(4-6-16-8-10-18(21)15(2)12-16)5-7-17-9-11-19(22)20(13-17)23-3;2*1-15-4-8-17(9-5-15)10-6-16(2)7-11-18-12-13-19(21)20(14-18)22-3;1-14(6-8-15-4-3-5-17(20)12-15)7-9-16-10-11-18(21)19(13-16)22-2/h8-14,22H,4-7H2,1-3H3;2*4-5,8-9,12-14,16,21H,6-7,10-11H2,1-3H3;3-5,10-14,21H,6-9H2,1-2H3. The lowest BCUT2D eigenvalue weighted by Gasteiger charge is -2.13. The van der Waals surface area contributed by atoms with E-state index in [1.165, 1.54) is 68.5 Å². The van der Waals surface area contributed by atoms with Gasteiger partial charge >= 0.3 is 0 Å². The lowest BCUT2D eigenvalue weighted by atomic mass is 9.94. The highest BCUT2D eigenvalue weighted by Gasteiger charge is 2.12. The maximum atomic E-state index is 9.63. The number of aromatic hydroxyl groups is 4. The summed E-state index contributed by atoms with van der Waals surface area (Å²) in [6, 6.07) is 54.4. The van der Waals surface area contributed by atoms with Crippen molar-refractivity contribution in [3.63, 3.8) is 0 Å². The van der Waals surface area contributed by atoms with Crippen LogP contribution in [0.4, 0.5) is 0 Å². The SMILES string of the molecule is COc1cc(CCC(C)CCc2ccc(C)cc2)ccc1O.COc1cc(CCC(C)CCc2ccc(C)cc2)ccc1O.COc1cc(CCC(C)CCc2ccc(Cl)c(C)c2)ccc1O.COc1cc(CCC(C)CCc2cccc(Cl)c2)ccc1O. The van der Waals surface area contributed by atoms with Crippen molar-refractivity contribution < 1.29 is 39.4 Å². The van der Waals surface area contributed by atoms with E-state index >= 15 is 0 Å². The largest absolute Gasteiger partial charge is 0.504 e. The third-order valence-electron chi connectivity index (χ3n) is 16.7. The minimum atomic E-state index is 0.195. The number of aryl methyl sites for hydroxylation is 11. The van der Waals surface area contributed by atoms with Gasteiger partial charge in [0, 0.05) is 10.0 Å². The first-order chi connectivity index (χ1) is 42.7. The van der Waals surface area contributed by atoms with Gasteiger partial charge in [-0.05, 0) is 264 Å². The Bertz CT molecular complexity index is 3210. The molecular weight excluding hydrogens is 1150 g/mol. The average Bonchev–Trinajstić information content (AvgIpc) is 3.73. The molecule has 89 heavy (non-hydrogen) atoms. The van der Waals surface area contributed by atoms with Crippen LogP contribution in [0.25, 0.3) is 0 Å². The van der Waals surface area contributed by atoms with Crippen molar-refractivity contribution in [2.75, 3.05) is 28.4 Å². The quantitative estimate of drug-likeness (QED) is 0.0383. The molecule has 4 N–H and O–H groups in total. The number of phenolic OH excluding ortho intramolecular Hbond substituents is 4. The third-order valence-corrected chi connectivity index (χ3v) is 17.4. The molecule has 0 aliphatic carbocycles. The molecule has 478 valence electrons. The van der Waals surface area contributed by atoms with E-state index in [0.717, 1.165) is 106 Å². The van der Waals surface area contributed by atoms with Crippen LogP contribution in [0.15, 0.2) is 164 Å². The fourth-order valence-corrected chi connectivity index (χ4v) is 10.8. The number of phenols is 4. The summed E-state index contributed by atoms with van der Waals surface area (Å²) >= 11 is 12.1. The van der Waals surface area contributed by atoms with Gasteiger partial charge in [-0.25, -0.2) is 0 Å². The van der Waals surface area contributed by atoms with Gasteiger partial charge < -0.3 is 39.4 Å². The van der Waals surface area contributed by atoms with Crippen LogP contribution in [-0.4, -0.2) is 48.9 Å². The molecule has 0 spiro atoms. The van der Waals surface area contributed by atoms with Gasteiger partial charge in [-0.15, -0.1) is 0 Å². The van der Waals surface area contributed by atoms with E-state index in [4.69, 9.17) is 42.1 Å². The summed E-state index contributed by atoms with van der Waals surface area (Å²) in [5.41, 5.74) is 14.1. The molecule has 10 heteroatoms. The molecule has 0 aliphatic heterocycles. The van der Waals surface area contributed by atoms with Crippen molar-refractivity contribution >= 4 is 23.2 Å². The van der Waals surface area contributed by atoms with Crippen LogP contribution in [0.5, 0.6) is 46.0 Å². The van der Waals surface area contributed by atoms with Crippen molar-refractivity contribution in [3.05, 3.63) is 235 Å². The second-order valence-electron chi connectivity index (χ2n) is 24.4. The topological polar surface area (TPSA) is 118 Å². The number of rotatable bonds is 28. The van der Waals surface area contributed by atoms with E-state index in [1.807, 2.05) is 79.7 Å². The molecule has 0 radical (unpaired) electrons. The first kappa shape index (κ1) is 72.5. The van der Waals surface area contributed by atoms with Crippen LogP contribution in [0.2, 0.25) is 10.0 Å². The van der Waals surface area contributed by atoms with Gasteiger partial charge in [-0.2, -0.15) is 0 Å². The predicted molar refractivity (Wildman–Crippen MR) is 372 cm³/mol. The molecule has 8 aromatic carbocycles. The van der Waals surface area contributed by atoms with E-state index in [0.29, 0.717) is 46.7 Å². The normalized spacial score (nSPS) is 12.1. The van der Waals surface area contributed by atoms with Crippen molar-refractivity contribution in [2.24, 2.45) is 23.7 Å². The number of ether oxygens (including phenoxy) is 4. The Balaban J connectivity index is 0.000000216. The predicted octanol–water partition coefficient (Wildman–Crippen LogP) is 20.6. The number of hydrogen-bond acceptors (Lipinski definition) is 8. The van der Waals surface area contributed by atoms with Gasteiger partial charge in [0.05, 0.1) is 28.4 Å². The van der Waals surface area contributed by atoms with Gasteiger partial charge in [0.15, 0.2) is 46.0 Å². The van der Waals surface area contributed by atoms with Gasteiger partial charge in [-0.3, -0.25) is 0 Å². The van der Waals surface area contributed by atoms with E-state index in [1.54, 1.807) is 52.7 Å². The Morgan fingerprint density at radius 2 is 0.551 bits per heavy atom. The van der Waals surface area contributed by atoms with Crippen LogP contribution in [0.3, 0.4) is 0 Å². The fraction of sp³-hybridized carbons (Fsp3) is 0.392. The van der Waals surface area contributed by atoms with Crippen LogP contribution in [0.1, 0.15) is 140 Å². The molecule has 0 saturated heterocycles. The van der Waals surface area contributed by atoms with Gasteiger partial charge in [0.1, 0.15) is 0 Å².